The van der Waals surface area contributed by atoms with E-state index in [1.807, 2.05) is 18.2 Å². The van der Waals surface area contributed by atoms with Crippen LogP contribution in [0.2, 0.25) is 5.02 Å². The summed E-state index contributed by atoms with van der Waals surface area (Å²) in [6.07, 6.45) is 0.842. The van der Waals surface area contributed by atoms with Crippen molar-refractivity contribution in [3.63, 3.8) is 0 Å². The van der Waals surface area contributed by atoms with Crippen molar-refractivity contribution in [1.29, 1.82) is 0 Å². The molecular weight excluding hydrogens is 302 g/mol. The molecule has 3 N–H and O–H groups in total. The molecule has 0 aliphatic heterocycles. The van der Waals surface area contributed by atoms with Crippen LogP contribution in [-0.2, 0) is 6.42 Å². The second-order valence-corrected chi connectivity index (χ2v) is 6.41. The average Bonchev–Trinajstić information content (AvgIpc) is 2.83. The summed E-state index contributed by atoms with van der Waals surface area (Å²) in [5, 5.41) is 1.59. The number of hydrogen-bond donors (Lipinski definition) is 2. The fourth-order valence-corrected chi connectivity index (χ4v) is 3.33. The van der Waals surface area contributed by atoms with Gasteiger partial charge in [0, 0.05) is 4.90 Å². The lowest BCUT2D eigenvalue weighted by Crippen LogP contribution is -2.02. The quantitative estimate of drug-likeness (QED) is 0.759. The Morgan fingerprint density at radius 3 is 2.86 bits per heavy atom. The van der Waals surface area contributed by atoms with E-state index in [4.69, 9.17) is 17.3 Å². The lowest BCUT2D eigenvalue weighted by Gasteiger charge is -2.04. The predicted octanol–water partition coefficient (Wildman–Crippen LogP) is 4.18. The number of nitrogens with zero attached hydrogens (tertiary/aromatic N) is 1. The SMILES string of the molecule is Cc1ccc2nc(Sc3ccc(CCN)cc3Cl)[nH]c2c1. The van der Waals surface area contributed by atoms with Gasteiger partial charge in [0.05, 0.1) is 16.1 Å². The molecule has 2 aromatic carbocycles. The molecule has 1 heterocycles. The minimum Gasteiger partial charge on any atom is -0.333 e. The van der Waals surface area contributed by atoms with Crippen LogP contribution < -0.4 is 5.73 Å². The molecule has 3 nitrogen and oxygen atoms in total. The molecule has 1 aromatic heterocycles. The summed E-state index contributed by atoms with van der Waals surface area (Å²) < 4.78 is 0. The number of aryl methyl sites for hydroxylation is 1. The summed E-state index contributed by atoms with van der Waals surface area (Å²) in [6, 6.07) is 12.2. The summed E-state index contributed by atoms with van der Waals surface area (Å²) in [5.41, 5.74) is 9.96. The summed E-state index contributed by atoms with van der Waals surface area (Å²) >= 11 is 7.88. The summed E-state index contributed by atoms with van der Waals surface area (Å²) in [4.78, 5) is 8.90. The van der Waals surface area contributed by atoms with E-state index in [1.165, 1.54) is 5.56 Å². The number of benzene rings is 2. The predicted molar refractivity (Wildman–Crippen MR) is 89.2 cm³/mol. The van der Waals surface area contributed by atoms with Gasteiger partial charge in [0.25, 0.3) is 0 Å². The minimum atomic E-state index is 0.631. The van der Waals surface area contributed by atoms with Gasteiger partial charge in [0.1, 0.15) is 0 Å². The smallest absolute Gasteiger partial charge is 0.171 e. The van der Waals surface area contributed by atoms with Crippen LogP contribution in [0.25, 0.3) is 11.0 Å². The van der Waals surface area contributed by atoms with Gasteiger partial charge in [-0.25, -0.2) is 4.98 Å². The number of nitrogens with one attached hydrogen (secondary N) is 1. The zero-order valence-electron chi connectivity index (χ0n) is 11.7. The van der Waals surface area contributed by atoms with Crippen LogP contribution in [0, 0.1) is 6.92 Å². The van der Waals surface area contributed by atoms with Crippen LogP contribution in [-0.4, -0.2) is 16.5 Å². The summed E-state index contributed by atoms with van der Waals surface area (Å²) in [6.45, 7) is 2.70. The molecule has 0 bridgehead atoms. The second-order valence-electron chi connectivity index (χ2n) is 4.97. The van der Waals surface area contributed by atoms with E-state index in [0.29, 0.717) is 6.54 Å². The van der Waals surface area contributed by atoms with Gasteiger partial charge in [-0.3, -0.25) is 0 Å². The highest BCUT2D eigenvalue weighted by atomic mass is 35.5. The minimum absolute atomic E-state index is 0.631. The molecule has 5 heteroatoms. The van der Waals surface area contributed by atoms with Gasteiger partial charge in [-0.1, -0.05) is 35.5 Å². The Kier molecular flexibility index (Phi) is 4.19. The number of halogens is 1. The maximum absolute atomic E-state index is 6.34. The zero-order valence-corrected chi connectivity index (χ0v) is 13.3. The molecule has 0 unspecified atom stereocenters. The van der Waals surface area contributed by atoms with Crippen molar-refractivity contribution in [3.8, 4) is 0 Å². The Hall–Kier alpha value is -1.49. The number of imidazole rings is 1. The highest BCUT2D eigenvalue weighted by molar-refractivity contribution is 7.99. The number of aromatic nitrogens is 2. The van der Waals surface area contributed by atoms with Crippen LogP contribution in [0.5, 0.6) is 0 Å². The first-order valence-corrected chi connectivity index (χ1v) is 7.98. The number of rotatable bonds is 4. The topological polar surface area (TPSA) is 54.7 Å². The van der Waals surface area contributed by atoms with Gasteiger partial charge in [0.2, 0.25) is 0 Å². The molecule has 0 amide bonds. The lowest BCUT2D eigenvalue weighted by atomic mass is 10.1. The van der Waals surface area contributed by atoms with Gasteiger partial charge in [0.15, 0.2) is 5.16 Å². The summed E-state index contributed by atoms with van der Waals surface area (Å²) in [5.74, 6) is 0. The maximum Gasteiger partial charge on any atom is 0.171 e. The molecule has 108 valence electrons. The first-order valence-electron chi connectivity index (χ1n) is 6.78. The third kappa shape index (κ3) is 3.23. The Balaban J connectivity index is 1.87. The van der Waals surface area contributed by atoms with E-state index < -0.39 is 0 Å². The van der Waals surface area contributed by atoms with E-state index in [9.17, 15) is 0 Å². The highest BCUT2D eigenvalue weighted by Crippen LogP contribution is 2.33. The van der Waals surface area contributed by atoms with E-state index in [0.717, 1.165) is 38.1 Å². The molecule has 0 saturated heterocycles. The third-order valence-corrected chi connectivity index (χ3v) is 4.64. The Bertz CT molecular complexity index is 782. The largest absolute Gasteiger partial charge is 0.333 e. The van der Waals surface area contributed by atoms with Crippen LogP contribution in [0.4, 0.5) is 0 Å². The lowest BCUT2D eigenvalue weighted by molar-refractivity contribution is 0.966. The monoisotopic (exact) mass is 317 g/mol. The average molecular weight is 318 g/mol. The molecule has 0 fully saturated rings. The van der Waals surface area contributed by atoms with Crippen molar-refractivity contribution >= 4 is 34.4 Å². The van der Waals surface area contributed by atoms with E-state index >= 15 is 0 Å². The zero-order chi connectivity index (χ0) is 14.8. The first-order chi connectivity index (χ1) is 10.2. The van der Waals surface area contributed by atoms with Gasteiger partial charge < -0.3 is 10.7 Å². The Morgan fingerprint density at radius 1 is 1.24 bits per heavy atom. The van der Waals surface area contributed by atoms with Crippen molar-refractivity contribution in [1.82, 2.24) is 9.97 Å². The molecule has 0 radical (unpaired) electrons. The fraction of sp³-hybridized carbons (Fsp3) is 0.188. The third-order valence-electron chi connectivity index (χ3n) is 3.25. The molecule has 0 spiro atoms. The van der Waals surface area contributed by atoms with Crippen molar-refractivity contribution in [2.75, 3.05) is 6.54 Å². The van der Waals surface area contributed by atoms with E-state index in [2.05, 4.69) is 35.1 Å². The Labute approximate surface area is 132 Å². The van der Waals surface area contributed by atoms with Gasteiger partial charge in [-0.2, -0.15) is 0 Å². The molecule has 3 aromatic rings. The molecule has 0 aliphatic rings. The Morgan fingerprint density at radius 2 is 2.10 bits per heavy atom. The van der Waals surface area contributed by atoms with Crippen LogP contribution in [0.1, 0.15) is 11.1 Å². The number of aromatic amines is 1. The van der Waals surface area contributed by atoms with Crippen LogP contribution in [0.3, 0.4) is 0 Å². The van der Waals surface area contributed by atoms with Crippen molar-refractivity contribution in [2.45, 2.75) is 23.4 Å². The standard InChI is InChI=1S/C16H16ClN3S/c1-10-2-4-13-14(8-10)20-16(19-13)21-15-5-3-11(6-7-18)9-12(15)17/h2-5,8-9H,6-7,18H2,1H3,(H,19,20). The fourth-order valence-electron chi connectivity index (χ4n) is 2.20. The first kappa shape index (κ1) is 14.4. The van der Waals surface area contributed by atoms with Crippen molar-refractivity contribution in [3.05, 3.63) is 52.5 Å². The molecule has 21 heavy (non-hydrogen) atoms. The number of H-pyrrole nitrogens is 1. The van der Waals surface area contributed by atoms with Gasteiger partial charge in [-0.05, 0) is 55.3 Å². The maximum atomic E-state index is 6.34. The highest BCUT2D eigenvalue weighted by Gasteiger charge is 2.08. The number of nitrogens with two attached hydrogens (primary N) is 1. The van der Waals surface area contributed by atoms with Crippen molar-refractivity contribution in [2.24, 2.45) is 5.73 Å². The number of fused-ring (bicyclic) bond motifs is 1. The molecule has 0 aliphatic carbocycles. The molecule has 3 rings (SSSR count). The van der Waals surface area contributed by atoms with E-state index in [1.54, 1.807) is 11.8 Å². The second kappa shape index (κ2) is 6.10. The van der Waals surface area contributed by atoms with Gasteiger partial charge >= 0.3 is 0 Å². The van der Waals surface area contributed by atoms with Crippen LogP contribution >= 0.6 is 23.4 Å². The van der Waals surface area contributed by atoms with E-state index in [-0.39, 0.29) is 0 Å². The van der Waals surface area contributed by atoms with Crippen molar-refractivity contribution < 1.29 is 0 Å². The molecular formula is C16H16ClN3S. The molecule has 0 saturated carbocycles. The number of hydrogen-bond acceptors (Lipinski definition) is 3. The van der Waals surface area contributed by atoms with Gasteiger partial charge in [-0.15, -0.1) is 0 Å². The van der Waals surface area contributed by atoms with Crippen LogP contribution in [0.15, 0.2) is 46.5 Å². The molecule has 0 atom stereocenters. The summed E-state index contributed by atoms with van der Waals surface area (Å²) in [7, 11) is 0. The normalized spacial score (nSPS) is 11.2.